The first kappa shape index (κ1) is 15.4. The Balaban J connectivity index is 2.03. The Kier molecular flexibility index (Phi) is 3.73. The van der Waals surface area contributed by atoms with Crippen molar-refractivity contribution in [2.75, 3.05) is 6.54 Å². The molecule has 0 unspecified atom stereocenters. The molecule has 0 radical (unpaired) electrons. The van der Waals surface area contributed by atoms with Crippen molar-refractivity contribution in [1.82, 2.24) is 14.0 Å². The molecule has 23 heavy (non-hydrogen) atoms. The number of amides is 2. The van der Waals surface area contributed by atoms with Crippen molar-refractivity contribution in [3.8, 4) is 0 Å². The van der Waals surface area contributed by atoms with Crippen LogP contribution in [0.2, 0.25) is 0 Å². The minimum absolute atomic E-state index is 0.108. The molecule has 118 valence electrons. The third-order valence-corrected chi connectivity index (χ3v) is 4.69. The predicted octanol–water partition coefficient (Wildman–Crippen LogP) is 2.10. The Morgan fingerprint density at radius 1 is 1.13 bits per heavy atom. The van der Waals surface area contributed by atoms with Crippen LogP contribution >= 0.6 is 11.8 Å². The summed E-state index contributed by atoms with van der Waals surface area (Å²) in [6, 6.07) is 5.48. The van der Waals surface area contributed by atoms with Gasteiger partial charge in [0, 0.05) is 20.6 Å². The largest absolute Gasteiger partial charge is 0.328 e. The zero-order valence-electron chi connectivity index (χ0n) is 12.8. The maximum atomic E-state index is 12.2. The fourth-order valence-electron chi connectivity index (χ4n) is 2.55. The molecule has 6 nitrogen and oxygen atoms in total. The van der Waals surface area contributed by atoms with E-state index in [1.54, 1.807) is 29.3 Å². The second kappa shape index (κ2) is 5.58. The summed E-state index contributed by atoms with van der Waals surface area (Å²) in [6.07, 6.45) is 3.19. The van der Waals surface area contributed by atoms with Crippen LogP contribution in [-0.2, 0) is 18.9 Å². The van der Waals surface area contributed by atoms with E-state index in [1.165, 1.54) is 6.08 Å². The molecule has 1 aliphatic rings. The van der Waals surface area contributed by atoms with Gasteiger partial charge in [-0.1, -0.05) is 12.1 Å². The number of fused-ring (bicyclic) bond motifs is 1. The normalized spacial score (nSPS) is 16.8. The first-order valence-corrected chi connectivity index (χ1v) is 7.77. The molecule has 1 aromatic carbocycles. The Labute approximate surface area is 136 Å². The molecule has 0 atom stereocenters. The van der Waals surface area contributed by atoms with E-state index in [9.17, 15) is 14.4 Å². The van der Waals surface area contributed by atoms with E-state index in [2.05, 4.69) is 6.58 Å². The summed E-state index contributed by atoms with van der Waals surface area (Å²) in [7, 11) is 3.41. The number of aromatic nitrogens is 2. The summed E-state index contributed by atoms with van der Waals surface area (Å²) in [5, 5.41) is -0.297. The lowest BCUT2D eigenvalue weighted by atomic mass is 10.2. The number of carbonyl (C=O) groups is 2. The number of rotatable bonds is 3. The van der Waals surface area contributed by atoms with E-state index in [-0.39, 0.29) is 23.4 Å². The van der Waals surface area contributed by atoms with E-state index in [0.717, 1.165) is 33.3 Å². The molecule has 0 saturated carbocycles. The van der Waals surface area contributed by atoms with Gasteiger partial charge in [-0.2, -0.15) is 0 Å². The molecule has 1 saturated heterocycles. The molecule has 3 rings (SSSR count). The lowest BCUT2D eigenvalue weighted by Crippen LogP contribution is -2.27. The van der Waals surface area contributed by atoms with Crippen LogP contribution in [0.25, 0.3) is 17.1 Å². The van der Waals surface area contributed by atoms with Crippen molar-refractivity contribution < 1.29 is 9.59 Å². The topological polar surface area (TPSA) is 64.3 Å². The van der Waals surface area contributed by atoms with Gasteiger partial charge in [0.05, 0.1) is 15.9 Å². The van der Waals surface area contributed by atoms with Gasteiger partial charge >= 0.3 is 5.69 Å². The zero-order valence-corrected chi connectivity index (χ0v) is 13.6. The van der Waals surface area contributed by atoms with Crippen molar-refractivity contribution >= 4 is 40.0 Å². The zero-order chi connectivity index (χ0) is 16.7. The highest BCUT2D eigenvalue weighted by atomic mass is 32.2. The van der Waals surface area contributed by atoms with Crippen LogP contribution in [0.3, 0.4) is 0 Å². The molecule has 0 spiro atoms. The maximum absolute atomic E-state index is 12.2. The molecule has 0 N–H and O–H groups in total. The summed E-state index contributed by atoms with van der Waals surface area (Å²) in [4.78, 5) is 37.5. The highest BCUT2D eigenvalue weighted by Gasteiger charge is 2.34. The van der Waals surface area contributed by atoms with Gasteiger partial charge in [-0.25, -0.2) is 4.79 Å². The number of hydrogen-bond donors (Lipinski definition) is 0. The molecule has 7 heteroatoms. The maximum Gasteiger partial charge on any atom is 0.328 e. The van der Waals surface area contributed by atoms with E-state index in [4.69, 9.17) is 0 Å². The van der Waals surface area contributed by atoms with Gasteiger partial charge in [-0.05, 0) is 35.5 Å². The van der Waals surface area contributed by atoms with Crippen LogP contribution in [-0.4, -0.2) is 31.7 Å². The number of hydrogen-bond acceptors (Lipinski definition) is 4. The van der Waals surface area contributed by atoms with Crippen molar-refractivity contribution in [1.29, 1.82) is 0 Å². The van der Waals surface area contributed by atoms with Gasteiger partial charge in [0.25, 0.3) is 11.1 Å². The Hall–Kier alpha value is -2.54. The second-order valence-corrected chi connectivity index (χ2v) is 6.22. The molecule has 1 aliphatic heterocycles. The van der Waals surface area contributed by atoms with E-state index < -0.39 is 0 Å². The molecule has 0 aliphatic carbocycles. The number of imidazole rings is 1. The van der Waals surface area contributed by atoms with Gasteiger partial charge in [0.2, 0.25) is 0 Å². The highest BCUT2D eigenvalue weighted by molar-refractivity contribution is 8.18. The molecule has 1 aromatic heterocycles. The number of imide groups is 1. The Morgan fingerprint density at radius 3 is 2.52 bits per heavy atom. The molecule has 2 aromatic rings. The first-order chi connectivity index (χ1) is 10.9. The second-order valence-electron chi connectivity index (χ2n) is 5.23. The Morgan fingerprint density at radius 2 is 1.83 bits per heavy atom. The molecule has 0 bridgehead atoms. The third-order valence-electron chi connectivity index (χ3n) is 3.78. The average Bonchev–Trinajstić information content (AvgIpc) is 2.91. The third kappa shape index (κ3) is 2.43. The molecular formula is C16H15N3O3S. The number of thioether (sulfide) groups is 1. The molecular weight excluding hydrogens is 314 g/mol. The molecule has 2 heterocycles. The van der Waals surface area contributed by atoms with Gasteiger partial charge < -0.3 is 0 Å². The number of nitrogens with zero attached hydrogens (tertiary/aromatic N) is 3. The fourth-order valence-corrected chi connectivity index (χ4v) is 3.40. The van der Waals surface area contributed by atoms with Gasteiger partial charge in [-0.3, -0.25) is 23.6 Å². The summed E-state index contributed by atoms with van der Waals surface area (Å²) in [5.74, 6) is -0.318. The lowest BCUT2D eigenvalue weighted by Gasteiger charge is -2.07. The van der Waals surface area contributed by atoms with E-state index >= 15 is 0 Å². The minimum Gasteiger partial charge on any atom is -0.295 e. The lowest BCUT2D eigenvalue weighted by molar-refractivity contribution is -0.122. The van der Waals surface area contributed by atoms with Crippen LogP contribution < -0.4 is 5.69 Å². The number of aryl methyl sites for hydroxylation is 2. The highest BCUT2D eigenvalue weighted by Crippen LogP contribution is 2.32. The van der Waals surface area contributed by atoms with Crippen LogP contribution in [0.1, 0.15) is 5.56 Å². The number of benzene rings is 1. The monoisotopic (exact) mass is 329 g/mol. The van der Waals surface area contributed by atoms with Crippen LogP contribution in [0, 0.1) is 0 Å². The van der Waals surface area contributed by atoms with Crippen LogP contribution in [0.15, 0.2) is 40.6 Å². The average molecular weight is 329 g/mol. The van der Waals surface area contributed by atoms with E-state index in [1.807, 2.05) is 18.2 Å². The summed E-state index contributed by atoms with van der Waals surface area (Å²) in [5.41, 5.74) is 2.25. The first-order valence-electron chi connectivity index (χ1n) is 6.95. The summed E-state index contributed by atoms with van der Waals surface area (Å²) >= 11 is 0.912. The Bertz CT molecular complexity index is 936. The van der Waals surface area contributed by atoms with Crippen molar-refractivity contribution in [3.05, 3.63) is 51.8 Å². The predicted molar refractivity (Wildman–Crippen MR) is 91.0 cm³/mol. The number of carbonyl (C=O) groups excluding carboxylic acids is 2. The summed E-state index contributed by atoms with van der Waals surface area (Å²) < 4.78 is 3.12. The van der Waals surface area contributed by atoms with Crippen molar-refractivity contribution in [3.63, 3.8) is 0 Å². The summed E-state index contributed by atoms with van der Waals surface area (Å²) in [6.45, 7) is 3.75. The van der Waals surface area contributed by atoms with Crippen molar-refractivity contribution in [2.24, 2.45) is 14.1 Å². The van der Waals surface area contributed by atoms with Crippen LogP contribution in [0.5, 0.6) is 0 Å². The van der Waals surface area contributed by atoms with Crippen LogP contribution in [0.4, 0.5) is 4.79 Å². The smallest absolute Gasteiger partial charge is 0.295 e. The quantitative estimate of drug-likeness (QED) is 0.639. The van der Waals surface area contributed by atoms with Gasteiger partial charge in [-0.15, -0.1) is 6.58 Å². The van der Waals surface area contributed by atoms with Gasteiger partial charge in [0.15, 0.2) is 0 Å². The van der Waals surface area contributed by atoms with Crippen molar-refractivity contribution in [2.45, 2.75) is 0 Å². The molecule has 2 amide bonds. The van der Waals surface area contributed by atoms with Gasteiger partial charge in [0.1, 0.15) is 0 Å². The SMILES string of the molecule is C=CCN1C(=O)SC(=Cc2ccc3c(c2)n(C)c(=O)n3C)C1=O. The van der Waals surface area contributed by atoms with E-state index in [0.29, 0.717) is 4.91 Å². The molecule has 1 fully saturated rings. The fraction of sp³-hybridized carbons (Fsp3) is 0.188. The standard InChI is InChI=1S/C16H15N3O3S/c1-4-7-19-14(20)13(23-16(19)22)9-10-5-6-11-12(8-10)18(3)15(21)17(11)2/h4-6,8-9H,1,7H2,2-3H3. The minimum atomic E-state index is -0.318.